The number of carbonyl (C=O) groups excluding carboxylic acids is 11. The van der Waals surface area contributed by atoms with Crippen LogP contribution in [0.25, 0.3) is 0 Å². The maximum absolute atomic E-state index is 15.3. The largest absolute Gasteiger partial charge is 0.390 e. The number of likely N-dealkylation sites (N-methyl/N-ethyl adjacent to an activating group) is 7. The van der Waals surface area contributed by atoms with Crippen molar-refractivity contribution in [3.05, 3.63) is 12.2 Å². The van der Waals surface area contributed by atoms with Crippen LogP contribution in [0.5, 0.6) is 0 Å². The predicted molar refractivity (Wildman–Crippen MR) is 369 cm³/mol. The molecular formula is C72H127N9O14. The molecule has 15 atom stereocenters. The van der Waals surface area contributed by atoms with Gasteiger partial charge in [0.15, 0.2) is 11.6 Å². The van der Waals surface area contributed by atoms with Gasteiger partial charge in [0.05, 0.1) is 44.6 Å². The van der Waals surface area contributed by atoms with Crippen molar-refractivity contribution in [1.82, 2.24) is 44.5 Å². The van der Waals surface area contributed by atoms with E-state index >= 15 is 33.6 Å². The Kier molecular flexibility index (Phi) is 35.7. The second-order valence-electron chi connectivity index (χ2n) is 29.8. The van der Waals surface area contributed by atoms with E-state index in [1.807, 2.05) is 68.4 Å². The average molecular weight is 1340 g/mol. The molecule has 0 saturated carbocycles. The Morgan fingerprint density at radius 3 is 1.55 bits per heavy atom. The lowest BCUT2D eigenvalue weighted by atomic mass is 9.83. The first-order chi connectivity index (χ1) is 44.1. The summed E-state index contributed by atoms with van der Waals surface area (Å²) in [6.45, 7) is 35.1. The first-order valence-corrected chi connectivity index (χ1v) is 35.1. The maximum atomic E-state index is 15.3. The van der Waals surface area contributed by atoms with Gasteiger partial charge in [-0.25, -0.2) is 0 Å². The molecule has 8 amide bonds. The van der Waals surface area contributed by atoms with E-state index in [2.05, 4.69) is 17.1 Å². The van der Waals surface area contributed by atoms with Gasteiger partial charge in [-0.2, -0.15) is 0 Å². The average Bonchev–Trinajstić information content (AvgIpc) is 0.814. The van der Waals surface area contributed by atoms with Crippen molar-refractivity contribution < 1.29 is 67.3 Å². The molecule has 544 valence electrons. The van der Waals surface area contributed by atoms with Gasteiger partial charge >= 0.3 is 0 Å². The first kappa shape index (κ1) is 85.4. The van der Waals surface area contributed by atoms with Crippen molar-refractivity contribution in [2.45, 2.75) is 236 Å². The second kappa shape index (κ2) is 39.7. The van der Waals surface area contributed by atoms with Crippen molar-refractivity contribution in [3.8, 4) is 0 Å². The molecule has 0 aliphatic carbocycles. The van der Waals surface area contributed by atoms with Crippen molar-refractivity contribution >= 4 is 64.6 Å². The van der Waals surface area contributed by atoms with Gasteiger partial charge in [0.2, 0.25) is 47.3 Å². The number of nitrogens with zero attached hydrogens (tertiary/aromatic N) is 8. The molecule has 2 rings (SSSR count). The predicted octanol–water partition coefficient (Wildman–Crippen LogP) is 6.26. The molecule has 23 heteroatoms. The van der Waals surface area contributed by atoms with Crippen LogP contribution in [0.4, 0.5) is 0 Å². The number of allylic oxidation sites excluding steroid dienone is 2. The number of amides is 8. The number of aliphatic hydroxyl groups excluding tert-OH is 1. The summed E-state index contributed by atoms with van der Waals surface area (Å²) < 4.78 is 11.9. The molecule has 0 aromatic carbocycles. The fourth-order valence-corrected chi connectivity index (χ4v) is 13.2. The SMILES string of the molecule is C/C=C/C[C@@H](C)[C@@H](O)[C@H]1C(=O)N[C@@H](CC)C(=O)N(C)[C@H](C)C(=O)N(C)[C@@H]([C@H](C)COCCN2CCOC[C@@H]2C)C(=O)C[C@@H](C(C)C)C(=O)N(C)[C@@H](CC(C)C)C(=O)C[C@@H](C)C(=O)C[C@H](C)C(=O)N(C)[C@@H](CC(C)C)C(=O)N(C)[C@@H](CC(C)C)C(=O)N(C)[C@@H](C(C)C)C(=O)N1C. The monoisotopic (exact) mass is 1340 g/mol. The minimum Gasteiger partial charge on any atom is -0.390 e. The summed E-state index contributed by atoms with van der Waals surface area (Å²) in [6.07, 6.45) is 2.17. The molecule has 2 aliphatic heterocycles. The molecule has 0 unspecified atom stereocenters. The van der Waals surface area contributed by atoms with Crippen LogP contribution >= 0.6 is 0 Å². The van der Waals surface area contributed by atoms with E-state index in [1.54, 1.807) is 54.5 Å². The molecular weight excluding hydrogens is 1210 g/mol. The molecule has 2 N–H and O–H groups in total. The quantitative estimate of drug-likeness (QED) is 0.107. The number of hydrogen-bond donors (Lipinski definition) is 2. The zero-order valence-corrected chi connectivity index (χ0v) is 62.9. The third-order valence-corrected chi connectivity index (χ3v) is 19.7. The molecule has 95 heavy (non-hydrogen) atoms. The normalized spacial score (nSPS) is 28.6. The van der Waals surface area contributed by atoms with Crippen molar-refractivity contribution in [2.75, 3.05) is 88.9 Å². The maximum Gasteiger partial charge on any atom is 0.246 e. The van der Waals surface area contributed by atoms with E-state index < -0.39 is 149 Å². The number of carbonyl (C=O) groups is 11. The van der Waals surface area contributed by atoms with Crippen LogP contribution in [0.1, 0.15) is 176 Å². The smallest absolute Gasteiger partial charge is 0.246 e. The topological polar surface area (TPSA) is 264 Å². The van der Waals surface area contributed by atoms with Crippen LogP contribution in [0.3, 0.4) is 0 Å². The third kappa shape index (κ3) is 23.8. The molecule has 2 heterocycles. The van der Waals surface area contributed by atoms with E-state index in [0.717, 1.165) is 11.4 Å². The second-order valence-corrected chi connectivity index (χ2v) is 29.8. The standard InChI is InChI=1S/C72H127N9O14/c1-26-28-29-47(13)64(85)63-65(86)73-54(27-2)69(90)74(19)52(18)67(88)79(24)62(50(16)40-94-32-30-81-31-33-95-41-51(81)17)60(84)39-53(45(9)10)68(89)75(20)55(34-42(3)4)59(83)37-48(14)58(82)38-49(15)66(87)76(21)56(35-43(5)6)70(91)77(22)57(36-44(7)8)71(92)78(23)61(46(11)12)72(93)80(63)25/h26,28,42-57,61-64,85H,27,29-41H2,1-25H3,(H,73,86)/b28-26+/t47-,48-,49+,50-,51+,52-,53+,54+,55+,56+,57+,61+,62+,63+,64-/m1/s1. The Labute approximate surface area is 570 Å². The van der Waals surface area contributed by atoms with Gasteiger partial charge < -0.3 is 54.2 Å². The van der Waals surface area contributed by atoms with Crippen LogP contribution in [-0.4, -0.2) is 258 Å². The number of Topliss-reactive ketones (excluding diaryl/α,β-unsaturated/α-hetero) is 3. The Balaban J connectivity index is 3.02. The van der Waals surface area contributed by atoms with Crippen LogP contribution in [0, 0.1) is 59.2 Å². The molecule has 0 aromatic heterocycles. The third-order valence-electron chi connectivity index (χ3n) is 19.7. The summed E-state index contributed by atoms with van der Waals surface area (Å²) in [5.41, 5.74) is 0. The molecule has 0 radical (unpaired) electrons. The Hall–Kier alpha value is -5.65. The van der Waals surface area contributed by atoms with Crippen LogP contribution in [0.2, 0.25) is 0 Å². The number of rotatable bonds is 19. The van der Waals surface area contributed by atoms with Crippen LogP contribution in [0.15, 0.2) is 12.2 Å². The highest BCUT2D eigenvalue weighted by Gasteiger charge is 2.46. The van der Waals surface area contributed by atoms with E-state index in [-0.39, 0.29) is 86.9 Å². The molecule has 0 aromatic rings. The van der Waals surface area contributed by atoms with Gasteiger partial charge in [0.1, 0.15) is 42.0 Å². The van der Waals surface area contributed by atoms with Gasteiger partial charge in [-0.1, -0.05) is 116 Å². The van der Waals surface area contributed by atoms with Gasteiger partial charge in [0, 0.05) is 111 Å². The Bertz CT molecular complexity index is 2590. The minimum absolute atomic E-state index is 0.00908. The summed E-state index contributed by atoms with van der Waals surface area (Å²) in [5.74, 6) is -11.6. The summed E-state index contributed by atoms with van der Waals surface area (Å²) >= 11 is 0. The van der Waals surface area contributed by atoms with Gasteiger partial charge in [0.25, 0.3) is 0 Å². The first-order valence-electron chi connectivity index (χ1n) is 35.1. The molecule has 2 saturated heterocycles. The molecule has 2 aliphatic rings. The number of hydrogen-bond acceptors (Lipinski definition) is 15. The lowest BCUT2D eigenvalue weighted by Crippen LogP contribution is -2.63. The highest BCUT2D eigenvalue weighted by Crippen LogP contribution is 2.30. The summed E-state index contributed by atoms with van der Waals surface area (Å²) in [7, 11) is 10.2. The highest BCUT2D eigenvalue weighted by atomic mass is 16.5. The zero-order valence-electron chi connectivity index (χ0n) is 62.9. The lowest BCUT2D eigenvalue weighted by molar-refractivity contribution is -0.157. The zero-order chi connectivity index (χ0) is 73.0. The van der Waals surface area contributed by atoms with Crippen molar-refractivity contribution in [2.24, 2.45) is 59.2 Å². The Morgan fingerprint density at radius 2 is 1.04 bits per heavy atom. The van der Waals surface area contributed by atoms with Gasteiger partial charge in [-0.15, -0.1) is 0 Å². The Morgan fingerprint density at radius 1 is 0.547 bits per heavy atom. The van der Waals surface area contributed by atoms with E-state index in [0.29, 0.717) is 32.8 Å². The van der Waals surface area contributed by atoms with Crippen molar-refractivity contribution in [1.29, 1.82) is 0 Å². The summed E-state index contributed by atoms with van der Waals surface area (Å²) in [5, 5.41) is 15.1. The molecule has 2 fully saturated rings. The number of ether oxygens (including phenoxy) is 2. The summed E-state index contributed by atoms with van der Waals surface area (Å²) in [6, 6.07) is -9.66. The number of nitrogens with one attached hydrogen (secondary N) is 1. The number of aliphatic hydroxyl groups is 1. The van der Waals surface area contributed by atoms with Gasteiger partial charge in [-0.05, 0) is 88.4 Å². The van der Waals surface area contributed by atoms with E-state index in [9.17, 15) is 24.3 Å². The number of ketones is 3. The molecule has 0 bridgehead atoms. The molecule has 23 nitrogen and oxygen atoms in total. The summed E-state index contributed by atoms with van der Waals surface area (Å²) in [4.78, 5) is 175. The highest BCUT2D eigenvalue weighted by molar-refractivity contribution is 6.00. The fraction of sp³-hybridized carbons (Fsp3) is 0.819. The minimum atomic E-state index is -1.62. The van der Waals surface area contributed by atoms with Crippen LogP contribution in [-0.2, 0) is 62.2 Å². The van der Waals surface area contributed by atoms with Crippen LogP contribution < -0.4 is 5.32 Å². The molecule has 0 spiro atoms. The van der Waals surface area contributed by atoms with E-state index in [1.165, 1.54) is 85.7 Å². The lowest BCUT2D eigenvalue weighted by Gasteiger charge is -2.41. The number of morpholine rings is 1. The van der Waals surface area contributed by atoms with Crippen molar-refractivity contribution in [3.63, 3.8) is 0 Å². The van der Waals surface area contributed by atoms with E-state index in [4.69, 9.17) is 9.47 Å². The van der Waals surface area contributed by atoms with Gasteiger partial charge in [-0.3, -0.25) is 57.6 Å². The fourth-order valence-electron chi connectivity index (χ4n) is 13.2.